The van der Waals surface area contributed by atoms with E-state index in [1.807, 2.05) is 31.4 Å². The van der Waals surface area contributed by atoms with Crippen LogP contribution in [0.5, 0.6) is 0 Å². The Hall–Kier alpha value is -1.16. The lowest BCUT2D eigenvalue weighted by molar-refractivity contribution is 0.752. The van der Waals surface area contributed by atoms with Crippen LogP contribution in [-0.4, -0.2) is 23.6 Å². The zero-order valence-electron chi connectivity index (χ0n) is 10.2. The summed E-state index contributed by atoms with van der Waals surface area (Å²) in [6.45, 7) is 3.19. The van der Waals surface area contributed by atoms with E-state index in [1.54, 1.807) is 0 Å². The predicted octanol–water partition coefficient (Wildman–Crippen LogP) is 3.63. The van der Waals surface area contributed by atoms with Gasteiger partial charge in [-0.25, -0.2) is 9.97 Å². The van der Waals surface area contributed by atoms with E-state index in [4.69, 9.17) is 0 Å². The first-order valence-electron chi connectivity index (χ1n) is 5.84. The highest BCUT2D eigenvalue weighted by Crippen LogP contribution is 2.19. The first-order valence-corrected chi connectivity index (χ1v) is 6.63. The van der Waals surface area contributed by atoms with Gasteiger partial charge in [0.05, 0.1) is 5.52 Å². The van der Waals surface area contributed by atoms with Crippen molar-refractivity contribution in [3.05, 3.63) is 28.9 Å². The molecule has 1 heterocycles. The minimum Gasteiger partial charge on any atom is -0.344 e. The summed E-state index contributed by atoms with van der Waals surface area (Å²) in [4.78, 5) is 11.1. The van der Waals surface area contributed by atoms with Crippen LogP contribution in [0.2, 0.25) is 0 Å². The second-order valence-electron chi connectivity index (χ2n) is 4.15. The molecule has 0 saturated heterocycles. The topological polar surface area (TPSA) is 29.0 Å². The molecule has 0 N–H and O–H groups in total. The highest BCUT2D eigenvalue weighted by Gasteiger charge is 2.05. The van der Waals surface area contributed by atoms with Gasteiger partial charge in [-0.2, -0.15) is 0 Å². The van der Waals surface area contributed by atoms with Crippen LogP contribution >= 0.6 is 15.9 Å². The smallest absolute Gasteiger partial charge is 0.225 e. The van der Waals surface area contributed by atoms with Crippen molar-refractivity contribution < 1.29 is 0 Å². The number of fused-ring (bicyclic) bond motifs is 1. The fraction of sp³-hybridized carbons (Fsp3) is 0.385. The summed E-state index contributed by atoms with van der Waals surface area (Å²) in [6, 6.07) is 6.05. The molecule has 17 heavy (non-hydrogen) atoms. The lowest BCUT2D eigenvalue weighted by atomic mass is 10.2. The van der Waals surface area contributed by atoms with Crippen LogP contribution < -0.4 is 4.90 Å². The second kappa shape index (κ2) is 5.45. The summed E-state index contributed by atoms with van der Waals surface area (Å²) >= 11 is 3.45. The Labute approximate surface area is 110 Å². The molecule has 0 unspecified atom stereocenters. The highest BCUT2D eigenvalue weighted by atomic mass is 79.9. The van der Waals surface area contributed by atoms with Crippen molar-refractivity contribution in [3.8, 4) is 0 Å². The zero-order chi connectivity index (χ0) is 12.3. The molecule has 0 atom stereocenters. The van der Waals surface area contributed by atoms with Crippen molar-refractivity contribution in [2.45, 2.75) is 19.8 Å². The standard InChI is InChI=1S/C13H16BrN3/c1-3-4-7-17(2)13-15-9-10-8-11(14)5-6-12(10)16-13/h5-6,8-9H,3-4,7H2,1-2H3. The summed E-state index contributed by atoms with van der Waals surface area (Å²) in [5, 5.41) is 1.06. The minimum absolute atomic E-state index is 0.799. The van der Waals surface area contributed by atoms with E-state index >= 15 is 0 Å². The number of rotatable bonds is 4. The summed E-state index contributed by atoms with van der Waals surface area (Å²) in [7, 11) is 2.04. The van der Waals surface area contributed by atoms with E-state index in [9.17, 15) is 0 Å². The molecule has 3 nitrogen and oxygen atoms in total. The summed E-state index contributed by atoms with van der Waals surface area (Å²) < 4.78 is 1.06. The van der Waals surface area contributed by atoms with Crippen LogP contribution in [0.1, 0.15) is 19.8 Å². The zero-order valence-corrected chi connectivity index (χ0v) is 11.7. The molecular formula is C13H16BrN3. The van der Waals surface area contributed by atoms with Gasteiger partial charge in [0.2, 0.25) is 5.95 Å². The van der Waals surface area contributed by atoms with Gasteiger partial charge in [0.1, 0.15) is 0 Å². The molecule has 90 valence electrons. The number of benzene rings is 1. The van der Waals surface area contributed by atoms with Crippen LogP contribution in [0.25, 0.3) is 10.9 Å². The van der Waals surface area contributed by atoms with Crippen LogP contribution in [0.4, 0.5) is 5.95 Å². The molecule has 0 radical (unpaired) electrons. The van der Waals surface area contributed by atoms with Gasteiger partial charge in [-0.15, -0.1) is 0 Å². The fourth-order valence-corrected chi connectivity index (χ4v) is 2.05. The number of aromatic nitrogens is 2. The molecule has 0 fully saturated rings. The maximum absolute atomic E-state index is 4.56. The molecule has 0 aliphatic rings. The predicted molar refractivity (Wildman–Crippen MR) is 75.4 cm³/mol. The third kappa shape index (κ3) is 2.94. The van der Waals surface area contributed by atoms with Gasteiger partial charge < -0.3 is 4.90 Å². The maximum Gasteiger partial charge on any atom is 0.225 e. The molecule has 2 aromatic rings. The lowest BCUT2D eigenvalue weighted by Gasteiger charge is -2.16. The Balaban J connectivity index is 2.28. The van der Waals surface area contributed by atoms with Crippen LogP contribution in [0.15, 0.2) is 28.9 Å². The highest BCUT2D eigenvalue weighted by molar-refractivity contribution is 9.10. The molecule has 0 spiro atoms. The van der Waals surface area contributed by atoms with E-state index in [-0.39, 0.29) is 0 Å². The average molecular weight is 294 g/mol. The molecular weight excluding hydrogens is 278 g/mol. The van der Waals surface area contributed by atoms with Crippen molar-refractivity contribution in [3.63, 3.8) is 0 Å². The van der Waals surface area contributed by atoms with Gasteiger partial charge in [0.15, 0.2) is 0 Å². The van der Waals surface area contributed by atoms with Crippen molar-refractivity contribution in [2.75, 3.05) is 18.5 Å². The summed E-state index contributed by atoms with van der Waals surface area (Å²) in [6.07, 6.45) is 4.23. The SMILES string of the molecule is CCCCN(C)c1ncc2cc(Br)ccc2n1. The Morgan fingerprint density at radius 3 is 2.94 bits per heavy atom. The first-order chi connectivity index (χ1) is 8.20. The third-order valence-corrected chi connectivity index (χ3v) is 3.21. The van der Waals surface area contributed by atoms with Gasteiger partial charge in [0, 0.05) is 29.6 Å². The summed E-state index contributed by atoms with van der Waals surface area (Å²) in [5.74, 6) is 0.799. The molecule has 2 rings (SSSR count). The molecule has 4 heteroatoms. The van der Waals surface area contributed by atoms with Gasteiger partial charge in [-0.3, -0.25) is 0 Å². The number of halogens is 1. The number of hydrogen-bond donors (Lipinski definition) is 0. The number of anilines is 1. The van der Waals surface area contributed by atoms with Gasteiger partial charge in [0.25, 0.3) is 0 Å². The fourth-order valence-electron chi connectivity index (χ4n) is 1.67. The third-order valence-electron chi connectivity index (χ3n) is 2.72. The quantitative estimate of drug-likeness (QED) is 0.862. The lowest BCUT2D eigenvalue weighted by Crippen LogP contribution is -2.20. The molecule has 1 aromatic heterocycles. The van der Waals surface area contributed by atoms with Crippen molar-refractivity contribution in [1.82, 2.24) is 9.97 Å². The van der Waals surface area contributed by atoms with Crippen molar-refractivity contribution >= 4 is 32.8 Å². The Morgan fingerprint density at radius 1 is 1.35 bits per heavy atom. The van der Waals surface area contributed by atoms with E-state index in [0.717, 1.165) is 34.3 Å². The van der Waals surface area contributed by atoms with E-state index in [0.29, 0.717) is 0 Å². The van der Waals surface area contributed by atoms with Crippen LogP contribution in [-0.2, 0) is 0 Å². The van der Waals surface area contributed by atoms with E-state index in [2.05, 4.69) is 37.7 Å². The van der Waals surface area contributed by atoms with Gasteiger partial charge in [-0.1, -0.05) is 29.3 Å². The number of hydrogen-bond acceptors (Lipinski definition) is 3. The molecule has 1 aromatic carbocycles. The molecule has 0 aliphatic carbocycles. The van der Waals surface area contributed by atoms with Crippen molar-refractivity contribution in [2.24, 2.45) is 0 Å². The normalized spacial score (nSPS) is 10.8. The second-order valence-corrected chi connectivity index (χ2v) is 5.06. The molecule has 0 saturated carbocycles. The Morgan fingerprint density at radius 2 is 2.18 bits per heavy atom. The first kappa shape index (κ1) is 12.3. The number of nitrogens with zero attached hydrogens (tertiary/aromatic N) is 3. The van der Waals surface area contributed by atoms with E-state index in [1.165, 1.54) is 6.42 Å². The molecule has 0 bridgehead atoms. The minimum atomic E-state index is 0.799. The maximum atomic E-state index is 4.56. The molecule has 0 aliphatic heterocycles. The van der Waals surface area contributed by atoms with Gasteiger partial charge in [-0.05, 0) is 24.6 Å². The van der Waals surface area contributed by atoms with Crippen molar-refractivity contribution in [1.29, 1.82) is 0 Å². The Kier molecular flexibility index (Phi) is 3.94. The Bertz CT molecular complexity index is 513. The van der Waals surface area contributed by atoms with Gasteiger partial charge >= 0.3 is 0 Å². The largest absolute Gasteiger partial charge is 0.344 e. The average Bonchev–Trinajstić information content (AvgIpc) is 2.35. The monoisotopic (exact) mass is 293 g/mol. The van der Waals surface area contributed by atoms with Crippen LogP contribution in [0.3, 0.4) is 0 Å². The molecule has 0 amide bonds. The van der Waals surface area contributed by atoms with E-state index < -0.39 is 0 Å². The summed E-state index contributed by atoms with van der Waals surface area (Å²) in [5.41, 5.74) is 0.988. The van der Waals surface area contributed by atoms with Crippen LogP contribution in [0, 0.1) is 0 Å². The number of unbranched alkanes of at least 4 members (excludes halogenated alkanes) is 1.